The summed E-state index contributed by atoms with van der Waals surface area (Å²) in [5.41, 5.74) is 5.60. The molecule has 3 nitrogen and oxygen atoms in total. The largest absolute Gasteiger partial charge is 0.366 e. The third-order valence-corrected chi connectivity index (χ3v) is 1.95. The van der Waals surface area contributed by atoms with Gasteiger partial charge in [0, 0.05) is 11.6 Å². The van der Waals surface area contributed by atoms with Gasteiger partial charge >= 0.3 is 0 Å². The van der Waals surface area contributed by atoms with Crippen LogP contribution in [-0.2, 0) is 0 Å². The SMILES string of the molecule is NC(=O)c1cnc2c(F)cccc2c1. The first-order valence-electron chi connectivity index (χ1n) is 4.02. The molecule has 1 aromatic heterocycles. The van der Waals surface area contributed by atoms with Gasteiger partial charge in [0.05, 0.1) is 5.56 Å². The van der Waals surface area contributed by atoms with E-state index >= 15 is 0 Å². The zero-order valence-corrected chi connectivity index (χ0v) is 7.20. The van der Waals surface area contributed by atoms with E-state index in [-0.39, 0.29) is 11.1 Å². The fraction of sp³-hybridized carbons (Fsp3) is 0. The summed E-state index contributed by atoms with van der Waals surface area (Å²) in [5, 5.41) is 0.571. The molecule has 0 atom stereocenters. The van der Waals surface area contributed by atoms with Gasteiger partial charge in [-0.05, 0) is 12.1 Å². The van der Waals surface area contributed by atoms with Crippen LogP contribution in [0.25, 0.3) is 10.9 Å². The summed E-state index contributed by atoms with van der Waals surface area (Å²) in [6.45, 7) is 0. The van der Waals surface area contributed by atoms with Crippen LogP contribution in [0.4, 0.5) is 4.39 Å². The molecule has 0 bridgehead atoms. The Bertz CT molecular complexity index is 510. The minimum Gasteiger partial charge on any atom is -0.366 e. The van der Waals surface area contributed by atoms with Crippen LogP contribution in [0.1, 0.15) is 10.4 Å². The zero-order chi connectivity index (χ0) is 10.1. The van der Waals surface area contributed by atoms with Crippen molar-refractivity contribution in [2.45, 2.75) is 0 Å². The van der Waals surface area contributed by atoms with E-state index in [1.165, 1.54) is 18.3 Å². The molecule has 2 N–H and O–H groups in total. The van der Waals surface area contributed by atoms with Crippen molar-refractivity contribution in [2.24, 2.45) is 5.73 Å². The lowest BCUT2D eigenvalue weighted by Gasteiger charge is -1.99. The lowest BCUT2D eigenvalue weighted by atomic mass is 10.1. The molecular weight excluding hydrogens is 183 g/mol. The van der Waals surface area contributed by atoms with Crippen LogP contribution in [0.3, 0.4) is 0 Å². The Hall–Kier alpha value is -1.97. The number of nitrogens with zero attached hydrogens (tertiary/aromatic N) is 1. The standard InChI is InChI=1S/C10H7FN2O/c11-8-3-1-2-6-4-7(10(12)14)5-13-9(6)8/h1-5H,(H2,12,14). The number of hydrogen-bond donors (Lipinski definition) is 1. The Morgan fingerprint density at radius 2 is 2.21 bits per heavy atom. The van der Waals surface area contributed by atoms with Crippen molar-refractivity contribution >= 4 is 16.8 Å². The second-order valence-electron chi connectivity index (χ2n) is 2.90. The molecule has 1 amide bonds. The van der Waals surface area contributed by atoms with Crippen LogP contribution in [0.5, 0.6) is 0 Å². The number of benzene rings is 1. The fourth-order valence-corrected chi connectivity index (χ4v) is 1.26. The van der Waals surface area contributed by atoms with Gasteiger partial charge in [0.2, 0.25) is 5.91 Å². The first-order chi connectivity index (χ1) is 6.68. The Morgan fingerprint density at radius 1 is 1.43 bits per heavy atom. The molecule has 4 heteroatoms. The maximum absolute atomic E-state index is 13.1. The average Bonchev–Trinajstić information content (AvgIpc) is 2.17. The predicted molar refractivity (Wildman–Crippen MR) is 50.2 cm³/mol. The smallest absolute Gasteiger partial charge is 0.250 e. The third kappa shape index (κ3) is 1.31. The average molecular weight is 190 g/mol. The van der Waals surface area contributed by atoms with E-state index in [4.69, 9.17) is 5.73 Å². The number of amides is 1. The molecular formula is C10H7FN2O. The molecule has 0 unspecified atom stereocenters. The molecule has 0 saturated carbocycles. The van der Waals surface area contributed by atoms with Gasteiger partial charge in [-0.3, -0.25) is 9.78 Å². The first kappa shape index (κ1) is 8.62. The van der Waals surface area contributed by atoms with Crippen LogP contribution in [0.15, 0.2) is 30.5 Å². The molecule has 0 fully saturated rings. The summed E-state index contributed by atoms with van der Waals surface area (Å²) in [6, 6.07) is 6.08. The molecule has 0 radical (unpaired) electrons. The van der Waals surface area contributed by atoms with E-state index in [1.807, 2.05) is 0 Å². The molecule has 14 heavy (non-hydrogen) atoms. The van der Waals surface area contributed by atoms with Gasteiger partial charge in [-0.2, -0.15) is 0 Å². The fourth-order valence-electron chi connectivity index (χ4n) is 1.26. The number of aromatic nitrogens is 1. The summed E-state index contributed by atoms with van der Waals surface area (Å²) in [7, 11) is 0. The summed E-state index contributed by atoms with van der Waals surface area (Å²) in [5.74, 6) is -0.970. The van der Waals surface area contributed by atoms with Gasteiger partial charge in [0.25, 0.3) is 0 Å². The summed E-state index contributed by atoms with van der Waals surface area (Å²) in [4.78, 5) is 14.6. The number of hydrogen-bond acceptors (Lipinski definition) is 2. The van der Waals surface area contributed by atoms with Crippen molar-refractivity contribution < 1.29 is 9.18 Å². The van der Waals surface area contributed by atoms with Crippen LogP contribution in [0, 0.1) is 5.82 Å². The number of nitrogens with two attached hydrogens (primary N) is 1. The molecule has 0 saturated heterocycles. The van der Waals surface area contributed by atoms with E-state index in [0.717, 1.165) is 0 Å². The number of halogens is 1. The van der Waals surface area contributed by atoms with E-state index in [2.05, 4.69) is 4.98 Å². The number of primary amides is 1. The van der Waals surface area contributed by atoms with Gasteiger partial charge in [-0.25, -0.2) is 4.39 Å². The van der Waals surface area contributed by atoms with Crippen LogP contribution in [-0.4, -0.2) is 10.9 Å². The number of para-hydroxylation sites is 1. The highest BCUT2D eigenvalue weighted by Gasteiger charge is 2.05. The maximum Gasteiger partial charge on any atom is 0.250 e. The number of rotatable bonds is 1. The monoisotopic (exact) mass is 190 g/mol. The first-order valence-corrected chi connectivity index (χ1v) is 4.02. The van der Waals surface area contributed by atoms with Crippen molar-refractivity contribution in [1.29, 1.82) is 0 Å². The quantitative estimate of drug-likeness (QED) is 0.740. The Labute approximate surface area is 79.4 Å². The van der Waals surface area contributed by atoms with Crippen molar-refractivity contribution in [2.75, 3.05) is 0 Å². The molecule has 2 rings (SSSR count). The minimum absolute atomic E-state index is 0.248. The molecule has 0 aliphatic rings. The third-order valence-electron chi connectivity index (χ3n) is 1.95. The van der Waals surface area contributed by atoms with E-state index in [9.17, 15) is 9.18 Å². The number of carbonyl (C=O) groups excluding carboxylic acids is 1. The van der Waals surface area contributed by atoms with Gasteiger partial charge in [-0.15, -0.1) is 0 Å². The Balaban J connectivity index is 2.73. The van der Waals surface area contributed by atoms with Gasteiger partial charge in [-0.1, -0.05) is 12.1 Å². The lowest BCUT2D eigenvalue weighted by Crippen LogP contribution is -2.11. The lowest BCUT2D eigenvalue weighted by molar-refractivity contribution is 0.1000. The molecule has 1 aromatic carbocycles. The molecule has 0 aliphatic carbocycles. The van der Waals surface area contributed by atoms with Gasteiger partial charge < -0.3 is 5.73 Å². The highest BCUT2D eigenvalue weighted by atomic mass is 19.1. The van der Waals surface area contributed by atoms with Crippen LogP contribution < -0.4 is 5.73 Å². The van der Waals surface area contributed by atoms with Crippen molar-refractivity contribution in [3.63, 3.8) is 0 Å². The van der Waals surface area contributed by atoms with Crippen molar-refractivity contribution in [3.8, 4) is 0 Å². The summed E-state index contributed by atoms with van der Waals surface area (Å²) >= 11 is 0. The minimum atomic E-state index is -0.566. The second-order valence-corrected chi connectivity index (χ2v) is 2.90. The number of pyridine rings is 1. The van der Waals surface area contributed by atoms with Gasteiger partial charge in [0.1, 0.15) is 11.3 Å². The number of carbonyl (C=O) groups is 1. The highest BCUT2D eigenvalue weighted by Crippen LogP contribution is 2.15. The normalized spacial score (nSPS) is 10.4. The highest BCUT2D eigenvalue weighted by molar-refractivity contribution is 5.96. The van der Waals surface area contributed by atoms with Crippen molar-refractivity contribution in [3.05, 3.63) is 41.8 Å². The molecule has 0 aliphatic heterocycles. The maximum atomic E-state index is 13.1. The summed E-state index contributed by atoms with van der Waals surface area (Å²) in [6.07, 6.45) is 1.27. The topological polar surface area (TPSA) is 56.0 Å². The Kier molecular flexibility index (Phi) is 1.89. The molecule has 70 valence electrons. The molecule has 1 heterocycles. The van der Waals surface area contributed by atoms with E-state index in [1.54, 1.807) is 12.1 Å². The van der Waals surface area contributed by atoms with Crippen LogP contribution in [0.2, 0.25) is 0 Å². The number of fused-ring (bicyclic) bond motifs is 1. The Morgan fingerprint density at radius 3 is 2.93 bits per heavy atom. The molecule has 0 spiro atoms. The zero-order valence-electron chi connectivity index (χ0n) is 7.20. The van der Waals surface area contributed by atoms with E-state index < -0.39 is 11.7 Å². The van der Waals surface area contributed by atoms with Gasteiger partial charge in [0.15, 0.2) is 0 Å². The summed E-state index contributed by atoms with van der Waals surface area (Å²) < 4.78 is 13.1. The molecule has 2 aromatic rings. The second kappa shape index (κ2) is 3.06. The van der Waals surface area contributed by atoms with E-state index in [0.29, 0.717) is 5.39 Å². The predicted octanol–water partition coefficient (Wildman–Crippen LogP) is 1.47. The van der Waals surface area contributed by atoms with Crippen LogP contribution >= 0.6 is 0 Å². The van der Waals surface area contributed by atoms with Crippen molar-refractivity contribution in [1.82, 2.24) is 4.98 Å².